The van der Waals surface area contributed by atoms with Crippen molar-refractivity contribution in [2.45, 2.75) is 13.1 Å². The minimum atomic E-state index is -4.65. The summed E-state index contributed by atoms with van der Waals surface area (Å²) >= 11 is 0. The van der Waals surface area contributed by atoms with Gasteiger partial charge in [-0.1, -0.05) is 0 Å². The zero-order valence-electron chi connectivity index (χ0n) is 15.4. The van der Waals surface area contributed by atoms with E-state index in [1.807, 2.05) is 6.92 Å². The van der Waals surface area contributed by atoms with Gasteiger partial charge in [-0.25, -0.2) is 24.9 Å². The number of hydrogen-bond donors (Lipinski definition) is 1. The van der Waals surface area contributed by atoms with Crippen LogP contribution in [0.4, 0.5) is 24.7 Å². The van der Waals surface area contributed by atoms with Crippen LogP contribution < -0.4 is 5.32 Å². The molecule has 0 aliphatic carbocycles. The Labute approximate surface area is 168 Å². The maximum Gasteiger partial charge on any atom is 0.419 e. The minimum Gasteiger partial charge on any atom is -0.340 e. The number of nitrogens with one attached hydrogen (secondary N) is 1. The van der Waals surface area contributed by atoms with Gasteiger partial charge in [-0.15, -0.1) is 0 Å². The average Bonchev–Trinajstić information content (AvgIpc) is 2.73. The van der Waals surface area contributed by atoms with Crippen molar-refractivity contribution in [1.29, 1.82) is 5.26 Å². The summed E-state index contributed by atoms with van der Waals surface area (Å²) in [6, 6.07) is 8.68. The number of rotatable bonds is 3. The molecule has 10 heteroatoms. The molecule has 0 aromatic carbocycles. The highest BCUT2D eigenvalue weighted by molar-refractivity contribution is 5.91. The van der Waals surface area contributed by atoms with Gasteiger partial charge in [0, 0.05) is 17.8 Å². The first-order valence-electron chi connectivity index (χ1n) is 8.65. The predicted molar refractivity (Wildman–Crippen MR) is 103 cm³/mol. The summed E-state index contributed by atoms with van der Waals surface area (Å²) < 4.78 is 38.9. The summed E-state index contributed by atoms with van der Waals surface area (Å²) in [6.07, 6.45) is -0.0195. The van der Waals surface area contributed by atoms with Crippen molar-refractivity contribution in [3.05, 3.63) is 65.9 Å². The van der Waals surface area contributed by atoms with Crippen LogP contribution in [0.5, 0.6) is 0 Å². The number of aryl methyl sites for hydroxylation is 1. The van der Waals surface area contributed by atoms with Gasteiger partial charge < -0.3 is 5.32 Å². The van der Waals surface area contributed by atoms with E-state index in [2.05, 4.69) is 30.2 Å². The van der Waals surface area contributed by atoms with Gasteiger partial charge in [-0.2, -0.15) is 18.4 Å². The highest BCUT2D eigenvalue weighted by Crippen LogP contribution is 2.33. The van der Waals surface area contributed by atoms with Crippen LogP contribution in [-0.4, -0.2) is 24.9 Å². The zero-order chi connectivity index (χ0) is 21.3. The fourth-order valence-corrected chi connectivity index (χ4v) is 2.92. The fourth-order valence-electron chi connectivity index (χ4n) is 2.92. The first-order valence-corrected chi connectivity index (χ1v) is 8.65. The van der Waals surface area contributed by atoms with Crippen molar-refractivity contribution in [3.8, 4) is 17.5 Å². The molecule has 0 fully saturated rings. The second-order valence-corrected chi connectivity index (χ2v) is 6.31. The topological polar surface area (TPSA) is 100 Å². The second-order valence-electron chi connectivity index (χ2n) is 6.31. The standard InChI is InChI=1S/C20H12F3N7/c1-11-9-25-10-27-18(11)15-4-2-12-14(6-7-26-19(12)30-15)28-17-5-3-13(20(21,22)23)16(8-24)29-17/h2-7,9-10H,1H3,(H,26,28,29,30). The Balaban J connectivity index is 1.72. The average molecular weight is 407 g/mol. The van der Waals surface area contributed by atoms with E-state index in [0.29, 0.717) is 28.1 Å². The molecule has 0 amide bonds. The molecule has 0 bridgehead atoms. The van der Waals surface area contributed by atoms with Crippen LogP contribution in [0.1, 0.15) is 16.8 Å². The molecule has 0 aliphatic rings. The number of halogens is 3. The molecular weight excluding hydrogens is 395 g/mol. The molecule has 0 spiro atoms. The summed E-state index contributed by atoms with van der Waals surface area (Å²) in [5.41, 5.74) is 1.32. The number of fused-ring (bicyclic) bond motifs is 1. The molecule has 4 aromatic heterocycles. The molecule has 0 aliphatic heterocycles. The maximum atomic E-state index is 13.0. The first-order chi connectivity index (χ1) is 14.4. The SMILES string of the molecule is Cc1cncnc1-c1ccc2c(Nc3ccc(C(F)(F)F)c(C#N)n3)ccnc2n1. The van der Waals surface area contributed by atoms with Crippen LogP contribution in [0.25, 0.3) is 22.4 Å². The molecule has 0 atom stereocenters. The van der Waals surface area contributed by atoms with E-state index in [0.717, 1.165) is 11.6 Å². The quantitative estimate of drug-likeness (QED) is 0.536. The van der Waals surface area contributed by atoms with Crippen LogP contribution in [0.3, 0.4) is 0 Å². The molecule has 1 N–H and O–H groups in total. The molecule has 0 unspecified atom stereocenters. The number of pyridine rings is 3. The molecule has 4 rings (SSSR count). The number of aromatic nitrogens is 5. The summed E-state index contributed by atoms with van der Waals surface area (Å²) in [5, 5.41) is 12.6. The highest BCUT2D eigenvalue weighted by atomic mass is 19.4. The van der Waals surface area contributed by atoms with Crippen molar-refractivity contribution in [3.63, 3.8) is 0 Å². The van der Waals surface area contributed by atoms with E-state index in [1.165, 1.54) is 24.7 Å². The second kappa shape index (κ2) is 7.36. The Hall–Kier alpha value is -4.13. The van der Waals surface area contributed by atoms with Crippen LogP contribution in [0, 0.1) is 18.3 Å². The van der Waals surface area contributed by atoms with Gasteiger partial charge in [0.2, 0.25) is 0 Å². The zero-order valence-corrected chi connectivity index (χ0v) is 15.4. The van der Waals surface area contributed by atoms with Crippen molar-refractivity contribution >= 4 is 22.5 Å². The fraction of sp³-hybridized carbons (Fsp3) is 0.100. The van der Waals surface area contributed by atoms with E-state index in [4.69, 9.17) is 5.26 Å². The summed E-state index contributed by atoms with van der Waals surface area (Å²) in [6.45, 7) is 1.87. The molecule has 4 heterocycles. The Bertz CT molecular complexity index is 1300. The smallest absolute Gasteiger partial charge is 0.340 e. The third-order valence-corrected chi connectivity index (χ3v) is 4.31. The van der Waals surface area contributed by atoms with Crippen molar-refractivity contribution in [2.24, 2.45) is 0 Å². The van der Waals surface area contributed by atoms with Gasteiger partial charge in [-0.05, 0) is 42.8 Å². The number of alkyl halides is 3. The predicted octanol–water partition coefficient (Wildman–Crippen LogP) is 4.42. The third kappa shape index (κ3) is 3.60. The van der Waals surface area contributed by atoms with E-state index >= 15 is 0 Å². The van der Waals surface area contributed by atoms with E-state index in [-0.39, 0.29) is 5.82 Å². The normalized spacial score (nSPS) is 11.3. The Morgan fingerprint density at radius 1 is 1.03 bits per heavy atom. The lowest BCUT2D eigenvalue weighted by atomic mass is 10.1. The third-order valence-electron chi connectivity index (χ3n) is 4.31. The minimum absolute atomic E-state index is 0.0998. The van der Waals surface area contributed by atoms with Gasteiger partial charge in [0.25, 0.3) is 0 Å². The van der Waals surface area contributed by atoms with E-state index < -0.39 is 17.4 Å². The summed E-state index contributed by atoms with van der Waals surface area (Å²) in [7, 11) is 0. The Morgan fingerprint density at radius 2 is 1.87 bits per heavy atom. The van der Waals surface area contributed by atoms with Crippen LogP contribution >= 0.6 is 0 Å². The number of nitriles is 1. The maximum absolute atomic E-state index is 13.0. The van der Waals surface area contributed by atoms with Gasteiger partial charge in [0.15, 0.2) is 11.3 Å². The van der Waals surface area contributed by atoms with Crippen LogP contribution in [0.2, 0.25) is 0 Å². The van der Waals surface area contributed by atoms with E-state index in [1.54, 1.807) is 24.4 Å². The summed E-state index contributed by atoms with van der Waals surface area (Å²) in [4.78, 5) is 20.8. The number of hydrogen-bond acceptors (Lipinski definition) is 7. The largest absolute Gasteiger partial charge is 0.419 e. The molecule has 0 saturated carbocycles. The molecule has 0 saturated heterocycles. The molecule has 30 heavy (non-hydrogen) atoms. The lowest BCUT2D eigenvalue weighted by Gasteiger charge is -2.12. The van der Waals surface area contributed by atoms with E-state index in [9.17, 15) is 13.2 Å². The van der Waals surface area contributed by atoms with Crippen molar-refractivity contribution in [1.82, 2.24) is 24.9 Å². The van der Waals surface area contributed by atoms with Crippen molar-refractivity contribution < 1.29 is 13.2 Å². The monoisotopic (exact) mass is 407 g/mol. The summed E-state index contributed by atoms with van der Waals surface area (Å²) in [5.74, 6) is 0.0998. The Kier molecular flexibility index (Phi) is 4.71. The van der Waals surface area contributed by atoms with Crippen LogP contribution in [0.15, 0.2) is 49.1 Å². The molecule has 4 aromatic rings. The molecule has 0 radical (unpaired) electrons. The lowest BCUT2D eigenvalue weighted by molar-refractivity contribution is -0.138. The first kappa shape index (κ1) is 19.2. The lowest BCUT2D eigenvalue weighted by Crippen LogP contribution is -2.10. The molecule has 148 valence electrons. The van der Waals surface area contributed by atoms with Crippen molar-refractivity contribution in [2.75, 3.05) is 5.32 Å². The van der Waals surface area contributed by atoms with Gasteiger partial charge in [0.05, 0.1) is 22.6 Å². The van der Waals surface area contributed by atoms with Gasteiger partial charge >= 0.3 is 6.18 Å². The number of anilines is 2. The highest BCUT2D eigenvalue weighted by Gasteiger charge is 2.34. The number of nitrogens with zero attached hydrogens (tertiary/aromatic N) is 6. The molecular formula is C20H12F3N7. The molecule has 7 nitrogen and oxygen atoms in total. The van der Waals surface area contributed by atoms with Crippen LogP contribution in [-0.2, 0) is 6.18 Å². The Morgan fingerprint density at radius 3 is 2.60 bits per heavy atom. The van der Waals surface area contributed by atoms with Gasteiger partial charge in [0.1, 0.15) is 18.2 Å². The van der Waals surface area contributed by atoms with Gasteiger partial charge in [-0.3, -0.25) is 0 Å².